The van der Waals surface area contributed by atoms with Gasteiger partial charge in [0.25, 0.3) is 0 Å². The zero-order valence-electron chi connectivity index (χ0n) is 14.5. The minimum absolute atomic E-state index is 0.0508. The Balaban J connectivity index is 1.93. The summed E-state index contributed by atoms with van der Waals surface area (Å²) in [6.45, 7) is 2.39. The number of hydrogen-bond acceptors (Lipinski definition) is 6. The maximum atomic E-state index is 14.0. The summed E-state index contributed by atoms with van der Waals surface area (Å²) in [6.07, 6.45) is 1.66. The Labute approximate surface area is 161 Å². The molecule has 1 aromatic rings. The molecule has 2 aliphatic rings. The van der Waals surface area contributed by atoms with Crippen molar-refractivity contribution in [1.29, 1.82) is 0 Å². The van der Waals surface area contributed by atoms with Gasteiger partial charge in [-0.2, -0.15) is 0 Å². The van der Waals surface area contributed by atoms with Crippen molar-refractivity contribution in [2.75, 3.05) is 24.5 Å². The molecule has 0 amide bonds. The summed E-state index contributed by atoms with van der Waals surface area (Å²) < 4.78 is 58.1. The number of benzene rings is 1. The third-order valence-corrected chi connectivity index (χ3v) is 6.30. The van der Waals surface area contributed by atoms with Gasteiger partial charge in [0.1, 0.15) is 11.1 Å². The van der Waals surface area contributed by atoms with Crippen LogP contribution in [0, 0.1) is 5.82 Å². The van der Waals surface area contributed by atoms with Crippen LogP contribution in [0.3, 0.4) is 0 Å². The number of sulfonamides is 1. The van der Waals surface area contributed by atoms with Crippen LogP contribution < -0.4 is 4.72 Å². The lowest BCUT2D eigenvalue weighted by Crippen LogP contribution is -2.42. The molecule has 1 aliphatic heterocycles. The molecule has 1 aromatic carbocycles. The monoisotopic (exact) mass is 419 g/mol. The first-order valence-electron chi connectivity index (χ1n) is 8.41. The van der Waals surface area contributed by atoms with Gasteiger partial charge in [-0.3, -0.25) is 4.72 Å². The normalized spacial score (nSPS) is 21.7. The van der Waals surface area contributed by atoms with Gasteiger partial charge in [0, 0.05) is 11.4 Å². The van der Waals surface area contributed by atoms with Crippen LogP contribution >= 0.6 is 11.6 Å². The van der Waals surface area contributed by atoms with E-state index in [1.165, 1.54) is 18.2 Å². The third kappa shape index (κ3) is 4.26. The topological polar surface area (TPSA) is 90.9 Å². The van der Waals surface area contributed by atoms with Crippen LogP contribution in [-0.4, -0.2) is 45.2 Å². The fourth-order valence-corrected chi connectivity index (χ4v) is 4.81. The first kappa shape index (κ1) is 20.1. The average molecular weight is 420 g/mol. The van der Waals surface area contributed by atoms with E-state index >= 15 is 0 Å². The Kier molecular flexibility index (Phi) is 5.76. The molecule has 1 fully saturated rings. The number of hydrogen-bond donors (Lipinski definition) is 1. The molecular weight excluding hydrogens is 401 g/mol. The Bertz CT molecular complexity index is 866. The van der Waals surface area contributed by atoms with Gasteiger partial charge in [-0.15, -0.1) is 0 Å². The molecule has 0 radical (unpaired) electrons. The smallest absolute Gasteiger partial charge is 0.335 e. The van der Waals surface area contributed by atoms with Crippen molar-refractivity contribution in [1.82, 2.24) is 0 Å². The standard InChI is InChI=1S/C17H19ClFNO6S/c1-2-24-16(21)12-10-17(25-7-8-26-17)6-5-15(12)27(22,23)20-14-4-3-11(18)9-13(14)19/h3-4,9-10,15,20H,2,5-8H2,1H3. The maximum Gasteiger partial charge on any atom is 0.335 e. The minimum atomic E-state index is -4.14. The summed E-state index contributed by atoms with van der Waals surface area (Å²) in [5, 5.41) is -1.09. The molecule has 1 unspecified atom stereocenters. The summed E-state index contributed by atoms with van der Waals surface area (Å²) in [5.41, 5.74) is -0.344. The Hall–Kier alpha value is -1.68. The summed E-state index contributed by atoms with van der Waals surface area (Å²) >= 11 is 5.69. The van der Waals surface area contributed by atoms with Gasteiger partial charge in [-0.05, 0) is 37.6 Å². The van der Waals surface area contributed by atoms with E-state index in [1.54, 1.807) is 6.92 Å². The Morgan fingerprint density at radius 1 is 1.41 bits per heavy atom. The second-order valence-electron chi connectivity index (χ2n) is 6.13. The molecule has 1 saturated heterocycles. The van der Waals surface area contributed by atoms with Gasteiger partial charge in [-0.25, -0.2) is 17.6 Å². The fraction of sp³-hybridized carbons (Fsp3) is 0.471. The molecule has 1 N–H and O–H groups in total. The summed E-state index contributed by atoms with van der Waals surface area (Å²) in [4.78, 5) is 12.4. The van der Waals surface area contributed by atoms with Crippen LogP contribution in [0.5, 0.6) is 0 Å². The summed E-state index contributed by atoms with van der Waals surface area (Å²) in [7, 11) is -4.14. The highest BCUT2D eigenvalue weighted by Crippen LogP contribution is 2.37. The van der Waals surface area contributed by atoms with Crippen LogP contribution in [0.2, 0.25) is 5.02 Å². The number of esters is 1. The van der Waals surface area contributed by atoms with E-state index in [0.717, 1.165) is 6.07 Å². The summed E-state index contributed by atoms with van der Waals surface area (Å²) in [6, 6.07) is 3.58. The van der Waals surface area contributed by atoms with Crippen molar-refractivity contribution in [2.24, 2.45) is 0 Å². The Morgan fingerprint density at radius 2 is 2.11 bits per heavy atom. The fourth-order valence-electron chi connectivity index (χ4n) is 3.11. The highest BCUT2D eigenvalue weighted by molar-refractivity contribution is 7.93. The number of rotatable bonds is 5. The van der Waals surface area contributed by atoms with Crippen molar-refractivity contribution in [3.05, 3.63) is 40.7 Å². The van der Waals surface area contributed by atoms with Crippen molar-refractivity contribution in [3.63, 3.8) is 0 Å². The number of halogens is 2. The predicted molar refractivity (Wildman–Crippen MR) is 96.3 cm³/mol. The van der Waals surface area contributed by atoms with Crippen LogP contribution in [0.4, 0.5) is 10.1 Å². The molecule has 1 spiro atoms. The molecule has 148 valence electrons. The van der Waals surface area contributed by atoms with Crippen molar-refractivity contribution >= 4 is 33.3 Å². The molecule has 0 bridgehead atoms. The van der Waals surface area contributed by atoms with Crippen molar-refractivity contribution < 1.29 is 31.8 Å². The zero-order chi connectivity index (χ0) is 19.7. The first-order valence-corrected chi connectivity index (χ1v) is 10.3. The van der Waals surface area contributed by atoms with Crippen LogP contribution in [0.1, 0.15) is 19.8 Å². The van der Waals surface area contributed by atoms with E-state index in [4.69, 9.17) is 25.8 Å². The quantitative estimate of drug-likeness (QED) is 0.738. The number of carbonyl (C=O) groups excluding carboxylic acids is 1. The van der Waals surface area contributed by atoms with E-state index in [0.29, 0.717) is 13.2 Å². The second-order valence-corrected chi connectivity index (χ2v) is 8.43. The lowest BCUT2D eigenvalue weighted by Gasteiger charge is -2.33. The molecule has 0 aromatic heterocycles. The average Bonchev–Trinajstić information content (AvgIpc) is 3.05. The van der Waals surface area contributed by atoms with E-state index in [1.807, 2.05) is 0 Å². The SMILES string of the molecule is CCOC(=O)C1=CC2(CCC1S(=O)(=O)Nc1ccc(Cl)cc1F)OCCO2. The van der Waals surface area contributed by atoms with Crippen LogP contribution in [0.25, 0.3) is 0 Å². The lowest BCUT2D eigenvalue weighted by molar-refractivity contribution is -0.143. The highest BCUT2D eigenvalue weighted by atomic mass is 35.5. The van der Waals surface area contributed by atoms with E-state index in [-0.39, 0.29) is 35.7 Å². The number of carbonyl (C=O) groups is 1. The first-order chi connectivity index (χ1) is 12.8. The number of nitrogens with one attached hydrogen (secondary N) is 1. The van der Waals surface area contributed by atoms with E-state index < -0.39 is 32.8 Å². The Morgan fingerprint density at radius 3 is 2.74 bits per heavy atom. The third-order valence-electron chi connectivity index (χ3n) is 4.32. The van der Waals surface area contributed by atoms with E-state index in [2.05, 4.69) is 4.72 Å². The zero-order valence-corrected chi connectivity index (χ0v) is 16.1. The molecule has 3 rings (SSSR count). The number of ether oxygens (including phenoxy) is 3. The molecule has 27 heavy (non-hydrogen) atoms. The maximum absolute atomic E-state index is 14.0. The molecule has 1 atom stereocenters. The lowest BCUT2D eigenvalue weighted by atomic mass is 9.94. The van der Waals surface area contributed by atoms with Crippen LogP contribution in [-0.2, 0) is 29.0 Å². The van der Waals surface area contributed by atoms with E-state index in [9.17, 15) is 17.6 Å². The van der Waals surface area contributed by atoms with Gasteiger partial charge in [-0.1, -0.05) is 11.6 Å². The second kappa shape index (κ2) is 7.75. The molecular formula is C17H19ClFNO6S. The van der Waals surface area contributed by atoms with Gasteiger partial charge in [0.15, 0.2) is 5.79 Å². The van der Waals surface area contributed by atoms with Gasteiger partial charge < -0.3 is 14.2 Å². The molecule has 7 nitrogen and oxygen atoms in total. The molecule has 1 aliphatic carbocycles. The largest absolute Gasteiger partial charge is 0.463 e. The highest BCUT2D eigenvalue weighted by Gasteiger charge is 2.46. The van der Waals surface area contributed by atoms with Crippen LogP contribution in [0.15, 0.2) is 29.8 Å². The summed E-state index contributed by atoms with van der Waals surface area (Å²) in [5.74, 6) is -2.72. The van der Waals surface area contributed by atoms with Gasteiger partial charge in [0.05, 0.1) is 31.1 Å². The van der Waals surface area contributed by atoms with Crippen molar-refractivity contribution in [3.8, 4) is 0 Å². The molecule has 1 heterocycles. The van der Waals surface area contributed by atoms with Gasteiger partial charge in [0.2, 0.25) is 10.0 Å². The van der Waals surface area contributed by atoms with Gasteiger partial charge >= 0.3 is 5.97 Å². The molecule has 10 heteroatoms. The minimum Gasteiger partial charge on any atom is -0.463 e. The molecule has 0 saturated carbocycles. The van der Waals surface area contributed by atoms with Crippen molar-refractivity contribution in [2.45, 2.75) is 30.8 Å². The predicted octanol–water partition coefficient (Wildman–Crippen LogP) is 2.62. The number of anilines is 1.